The van der Waals surface area contributed by atoms with Crippen LogP contribution in [-0.2, 0) is 15.0 Å². The second-order valence-corrected chi connectivity index (χ2v) is 7.01. The number of carbonyl (C=O) groups is 2. The normalized spacial score (nSPS) is 20.5. The minimum atomic E-state index is -0.603. The van der Waals surface area contributed by atoms with E-state index in [0.717, 1.165) is 11.3 Å². The Bertz CT molecular complexity index is 816. The van der Waals surface area contributed by atoms with Gasteiger partial charge in [-0.2, -0.15) is 4.57 Å². The SMILES string of the molecule is CC[C@@]1(c2ccc(-[n+]3c(C)cc(C)cc3C)cc2)CCC(=O)NC1=O. The van der Waals surface area contributed by atoms with Crippen molar-refractivity contribution in [2.75, 3.05) is 0 Å². The van der Waals surface area contributed by atoms with Crippen molar-refractivity contribution in [3.63, 3.8) is 0 Å². The average molecular weight is 337 g/mol. The minimum absolute atomic E-state index is 0.172. The Morgan fingerprint density at radius 2 is 1.64 bits per heavy atom. The quantitative estimate of drug-likeness (QED) is 0.691. The van der Waals surface area contributed by atoms with Crippen molar-refractivity contribution in [2.24, 2.45) is 0 Å². The summed E-state index contributed by atoms with van der Waals surface area (Å²) < 4.78 is 2.21. The number of aromatic nitrogens is 1. The summed E-state index contributed by atoms with van der Waals surface area (Å²) in [6.45, 7) is 8.30. The van der Waals surface area contributed by atoms with E-state index < -0.39 is 5.41 Å². The van der Waals surface area contributed by atoms with E-state index in [2.05, 4.69) is 54.9 Å². The Morgan fingerprint density at radius 1 is 1.04 bits per heavy atom. The molecule has 1 atom stereocenters. The topological polar surface area (TPSA) is 50.0 Å². The highest BCUT2D eigenvalue weighted by Gasteiger charge is 2.42. The number of hydrogen-bond donors (Lipinski definition) is 1. The largest absolute Gasteiger partial charge is 0.296 e. The van der Waals surface area contributed by atoms with Crippen LogP contribution in [0.1, 0.15) is 48.7 Å². The zero-order chi connectivity index (χ0) is 18.2. The molecule has 130 valence electrons. The number of aryl methyl sites for hydroxylation is 3. The van der Waals surface area contributed by atoms with Crippen molar-refractivity contribution in [1.82, 2.24) is 5.32 Å². The molecule has 2 amide bonds. The number of nitrogens with zero attached hydrogens (tertiary/aromatic N) is 1. The second kappa shape index (κ2) is 6.43. The molecular weight excluding hydrogens is 312 g/mol. The molecule has 25 heavy (non-hydrogen) atoms. The maximum absolute atomic E-state index is 12.5. The lowest BCUT2D eigenvalue weighted by Crippen LogP contribution is -2.51. The molecule has 1 aromatic heterocycles. The summed E-state index contributed by atoms with van der Waals surface area (Å²) >= 11 is 0. The highest BCUT2D eigenvalue weighted by Crippen LogP contribution is 2.35. The van der Waals surface area contributed by atoms with E-state index in [1.807, 2.05) is 19.1 Å². The van der Waals surface area contributed by atoms with Gasteiger partial charge in [0.25, 0.3) is 0 Å². The lowest BCUT2D eigenvalue weighted by atomic mass is 9.72. The van der Waals surface area contributed by atoms with Gasteiger partial charge in [-0.3, -0.25) is 14.9 Å². The lowest BCUT2D eigenvalue weighted by molar-refractivity contribution is -0.609. The van der Waals surface area contributed by atoms with Crippen molar-refractivity contribution >= 4 is 11.8 Å². The Morgan fingerprint density at radius 3 is 2.16 bits per heavy atom. The van der Waals surface area contributed by atoms with Crippen LogP contribution >= 0.6 is 0 Å². The molecule has 0 radical (unpaired) electrons. The summed E-state index contributed by atoms with van der Waals surface area (Å²) in [4.78, 5) is 24.0. The van der Waals surface area contributed by atoms with Gasteiger partial charge in [-0.05, 0) is 30.9 Å². The van der Waals surface area contributed by atoms with Gasteiger partial charge in [0.2, 0.25) is 17.5 Å². The standard InChI is InChI=1S/C21H24N2O2/c1-5-21(11-10-19(24)22-20(21)25)17-6-8-18(9-7-17)23-15(3)12-14(2)13-16(23)4/h6-9,12-13H,5,10-11H2,1-4H3/p+1/t21-/m0/s1. The van der Waals surface area contributed by atoms with E-state index in [1.165, 1.54) is 17.0 Å². The van der Waals surface area contributed by atoms with Crippen molar-refractivity contribution < 1.29 is 14.2 Å². The van der Waals surface area contributed by atoms with Crippen molar-refractivity contribution in [3.8, 4) is 5.69 Å². The van der Waals surface area contributed by atoms with E-state index >= 15 is 0 Å². The van der Waals surface area contributed by atoms with Crippen LogP contribution in [-0.4, -0.2) is 11.8 Å². The molecule has 0 saturated carbocycles. The van der Waals surface area contributed by atoms with Gasteiger partial charge in [-0.1, -0.05) is 19.1 Å². The van der Waals surface area contributed by atoms with Gasteiger partial charge in [-0.25, -0.2) is 0 Å². The predicted octanol–water partition coefficient (Wildman–Crippen LogP) is 2.97. The number of hydrogen-bond acceptors (Lipinski definition) is 2. The number of benzene rings is 1. The van der Waals surface area contributed by atoms with E-state index in [-0.39, 0.29) is 11.8 Å². The smallest absolute Gasteiger partial charge is 0.237 e. The van der Waals surface area contributed by atoms with E-state index in [0.29, 0.717) is 19.3 Å². The maximum Gasteiger partial charge on any atom is 0.237 e. The molecule has 1 saturated heterocycles. The first-order chi connectivity index (χ1) is 11.9. The zero-order valence-corrected chi connectivity index (χ0v) is 15.3. The molecule has 2 aromatic rings. The molecule has 1 fully saturated rings. The van der Waals surface area contributed by atoms with E-state index in [1.54, 1.807) is 0 Å². The first-order valence-corrected chi connectivity index (χ1v) is 8.82. The molecule has 1 aromatic carbocycles. The zero-order valence-electron chi connectivity index (χ0n) is 15.3. The molecule has 0 bridgehead atoms. The summed E-state index contributed by atoms with van der Waals surface area (Å²) in [5, 5.41) is 2.51. The lowest BCUT2D eigenvalue weighted by Gasteiger charge is -2.34. The highest BCUT2D eigenvalue weighted by atomic mass is 16.2. The maximum atomic E-state index is 12.5. The first kappa shape index (κ1) is 17.3. The first-order valence-electron chi connectivity index (χ1n) is 8.82. The number of amides is 2. The van der Waals surface area contributed by atoms with Crippen LogP contribution in [0.15, 0.2) is 36.4 Å². The highest BCUT2D eigenvalue weighted by molar-refractivity contribution is 6.03. The fourth-order valence-electron chi connectivity index (χ4n) is 4.01. The summed E-state index contributed by atoms with van der Waals surface area (Å²) in [6, 6.07) is 12.5. The van der Waals surface area contributed by atoms with Crippen molar-refractivity contribution in [2.45, 2.75) is 52.4 Å². The Hall–Kier alpha value is -2.49. The van der Waals surface area contributed by atoms with Crippen LogP contribution in [0.3, 0.4) is 0 Å². The number of nitrogens with one attached hydrogen (secondary N) is 1. The second-order valence-electron chi connectivity index (χ2n) is 7.01. The summed E-state index contributed by atoms with van der Waals surface area (Å²) in [5.74, 6) is -0.346. The number of carbonyl (C=O) groups excluding carboxylic acids is 2. The summed E-state index contributed by atoms with van der Waals surface area (Å²) in [5.41, 5.74) is 5.06. The monoisotopic (exact) mass is 337 g/mol. The van der Waals surface area contributed by atoms with Crippen LogP contribution in [0.5, 0.6) is 0 Å². The van der Waals surface area contributed by atoms with E-state index in [9.17, 15) is 9.59 Å². The molecule has 4 nitrogen and oxygen atoms in total. The van der Waals surface area contributed by atoms with Gasteiger partial charge in [0.05, 0.1) is 5.41 Å². The molecule has 1 aliphatic heterocycles. The van der Waals surface area contributed by atoms with E-state index in [4.69, 9.17) is 0 Å². The van der Waals surface area contributed by atoms with Crippen LogP contribution < -0.4 is 9.88 Å². The predicted molar refractivity (Wildman–Crippen MR) is 96.5 cm³/mol. The third-order valence-corrected chi connectivity index (χ3v) is 5.33. The molecule has 0 unspecified atom stereocenters. The molecular formula is C21H25N2O2+. The number of pyridine rings is 1. The van der Waals surface area contributed by atoms with Gasteiger partial charge in [-0.15, -0.1) is 0 Å². The van der Waals surface area contributed by atoms with Gasteiger partial charge in [0.1, 0.15) is 0 Å². The minimum Gasteiger partial charge on any atom is -0.296 e. The molecule has 1 aliphatic rings. The Labute approximate surface area is 148 Å². The van der Waals surface area contributed by atoms with Crippen molar-refractivity contribution in [3.05, 3.63) is 58.9 Å². The van der Waals surface area contributed by atoms with Crippen molar-refractivity contribution in [1.29, 1.82) is 0 Å². The van der Waals surface area contributed by atoms with Gasteiger partial charge >= 0.3 is 0 Å². The molecule has 2 heterocycles. The van der Waals surface area contributed by atoms with Crippen LogP contribution in [0.2, 0.25) is 0 Å². The molecule has 3 rings (SSSR count). The summed E-state index contributed by atoms with van der Waals surface area (Å²) in [7, 11) is 0. The van der Waals surface area contributed by atoms with Crippen LogP contribution in [0, 0.1) is 20.8 Å². The van der Waals surface area contributed by atoms with Gasteiger partial charge in [0.15, 0.2) is 11.4 Å². The average Bonchev–Trinajstić information content (AvgIpc) is 2.55. The van der Waals surface area contributed by atoms with Crippen LogP contribution in [0.4, 0.5) is 0 Å². The number of rotatable bonds is 3. The van der Waals surface area contributed by atoms with Gasteiger partial charge < -0.3 is 0 Å². The fraction of sp³-hybridized carbons (Fsp3) is 0.381. The summed E-state index contributed by atoms with van der Waals surface area (Å²) in [6.07, 6.45) is 1.65. The molecule has 4 heteroatoms. The third-order valence-electron chi connectivity index (χ3n) is 5.33. The molecule has 0 spiro atoms. The fourth-order valence-corrected chi connectivity index (χ4v) is 4.01. The third kappa shape index (κ3) is 2.97. The van der Waals surface area contributed by atoms with Crippen LogP contribution in [0.25, 0.3) is 5.69 Å². The number of piperidine rings is 1. The Balaban J connectivity index is 2.00. The number of imide groups is 1. The van der Waals surface area contributed by atoms with Gasteiger partial charge in [0, 0.05) is 44.5 Å². The Kier molecular flexibility index (Phi) is 4.46. The molecule has 1 N–H and O–H groups in total. The molecule has 0 aliphatic carbocycles.